The molecule has 4 nitrogen and oxygen atoms in total. The predicted molar refractivity (Wildman–Crippen MR) is 77.5 cm³/mol. The Labute approximate surface area is 124 Å². The van der Waals surface area contributed by atoms with Crippen LogP contribution < -0.4 is 5.32 Å². The summed E-state index contributed by atoms with van der Waals surface area (Å²) >= 11 is 0. The quantitative estimate of drug-likeness (QED) is 0.754. The van der Waals surface area contributed by atoms with E-state index in [1.165, 1.54) is 12.1 Å². The zero-order valence-electron chi connectivity index (χ0n) is 12.2. The Morgan fingerprint density at radius 1 is 1.43 bits per heavy atom. The van der Waals surface area contributed by atoms with Gasteiger partial charge in [-0.2, -0.15) is 0 Å². The average molecular weight is 295 g/mol. The summed E-state index contributed by atoms with van der Waals surface area (Å²) in [7, 11) is 0. The summed E-state index contributed by atoms with van der Waals surface area (Å²) in [5, 5.41) is 22.8. The number of hydrogen-bond donors (Lipinski definition) is 3. The second kappa shape index (κ2) is 7.00. The fourth-order valence-electron chi connectivity index (χ4n) is 2.93. The number of aliphatic carboxylic acids is 1. The molecule has 1 aromatic rings. The third-order valence-electron chi connectivity index (χ3n) is 4.10. The van der Waals surface area contributed by atoms with Crippen LogP contribution in [0.3, 0.4) is 0 Å². The fraction of sp³-hybridized carbons (Fsp3) is 0.562. The molecule has 2 rings (SSSR count). The van der Waals surface area contributed by atoms with Crippen molar-refractivity contribution in [1.29, 1.82) is 0 Å². The van der Waals surface area contributed by atoms with Gasteiger partial charge < -0.3 is 15.5 Å². The standard InChI is InChI=1S/C16H22FNO3/c1-10-8-11(6-7-13(10)17)16(21)14(9-15(19)20)18-12-4-2-3-5-12/h6-8,12,14,16,18,21H,2-5,9H2,1H3,(H,19,20). The maximum Gasteiger partial charge on any atom is 0.305 e. The summed E-state index contributed by atoms with van der Waals surface area (Å²) in [5.74, 6) is -1.28. The third kappa shape index (κ3) is 4.25. The molecule has 116 valence electrons. The Morgan fingerprint density at radius 3 is 2.67 bits per heavy atom. The number of rotatable bonds is 6. The van der Waals surface area contributed by atoms with Gasteiger partial charge in [0.2, 0.25) is 0 Å². The molecule has 0 radical (unpaired) electrons. The lowest BCUT2D eigenvalue weighted by Crippen LogP contribution is -2.42. The van der Waals surface area contributed by atoms with Crippen LogP contribution in [0.5, 0.6) is 0 Å². The largest absolute Gasteiger partial charge is 0.481 e. The molecule has 21 heavy (non-hydrogen) atoms. The number of aryl methyl sites for hydroxylation is 1. The molecule has 1 aromatic carbocycles. The predicted octanol–water partition coefficient (Wildman–Crippen LogP) is 2.54. The van der Waals surface area contributed by atoms with Gasteiger partial charge in [-0.25, -0.2) is 4.39 Å². The SMILES string of the molecule is Cc1cc(C(O)C(CC(=O)O)NC2CCCC2)ccc1F. The maximum atomic E-state index is 13.3. The summed E-state index contributed by atoms with van der Waals surface area (Å²) in [5.41, 5.74) is 0.993. The van der Waals surface area contributed by atoms with Crippen molar-refractivity contribution in [3.8, 4) is 0 Å². The van der Waals surface area contributed by atoms with Crippen LogP contribution in [-0.2, 0) is 4.79 Å². The minimum atomic E-state index is -0.957. The number of aliphatic hydroxyl groups is 1. The van der Waals surface area contributed by atoms with Crippen molar-refractivity contribution in [3.05, 3.63) is 35.1 Å². The Bertz CT molecular complexity index is 500. The first-order valence-corrected chi connectivity index (χ1v) is 7.39. The number of hydrogen-bond acceptors (Lipinski definition) is 3. The molecule has 1 aliphatic rings. The number of nitrogens with one attached hydrogen (secondary N) is 1. The minimum absolute atomic E-state index is 0.159. The zero-order chi connectivity index (χ0) is 15.4. The van der Waals surface area contributed by atoms with Gasteiger partial charge in [-0.1, -0.05) is 25.0 Å². The van der Waals surface area contributed by atoms with Gasteiger partial charge in [0.25, 0.3) is 0 Å². The Balaban J connectivity index is 2.13. The highest BCUT2D eigenvalue weighted by Crippen LogP contribution is 2.25. The number of carboxylic acids is 1. The van der Waals surface area contributed by atoms with Crippen LogP contribution in [0.4, 0.5) is 4.39 Å². The van der Waals surface area contributed by atoms with Crippen molar-refractivity contribution in [1.82, 2.24) is 5.32 Å². The van der Waals surface area contributed by atoms with Gasteiger partial charge in [0.1, 0.15) is 5.82 Å². The third-order valence-corrected chi connectivity index (χ3v) is 4.10. The molecule has 3 N–H and O–H groups in total. The summed E-state index contributed by atoms with van der Waals surface area (Å²) in [4.78, 5) is 11.0. The molecule has 2 atom stereocenters. The molecule has 0 heterocycles. The number of aliphatic hydroxyl groups excluding tert-OH is 1. The van der Waals surface area contributed by atoms with E-state index in [9.17, 15) is 14.3 Å². The van der Waals surface area contributed by atoms with E-state index in [2.05, 4.69) is 5.32 Å². The average Bonchev–Trinajstić information content (AvgIpc) is 2.93. The summed E-state index contributed by atoms with van der Waals surface area (Å²) < 4.78 is 13.3. The Hall–Kier alpha value is -1.46. The van der Waals surface area contributed by atoms with Crippen molar-refractivity contribution >= 4 is 5.97 Å². The number of carbonyl (C=O) groups is 1. The molecule has 0 aliphatic heterocycles. The molecule has 0 amide bonds. The Morgan fingerprint density at radius 2 is 2.10 bits per heavy atom. The van der Waals surface area contributed by atoms with Crippen LogP contribution in [0.15, 0.2) is 18.2 Å². The molecular formula is C16H22FNO3. The van der Waals surface area contributed by atoms with Gasteiger partial charge in [-0.05, 0) is 37.0 Å². The molecule has 1 aliphatic carbocycles. The molecule has 0 saturated heterocycles. The number of carboxylic acid groups (broad SMARTS) is 1. The van der Waals surface area contributed by atoms with Crippen molar-refractivity contribution < 1.29 is 19.4 Å². The normalized spacial score (nSPS) is 18.6. The second-order valence-electron chi connectivity index (χ2n) is 5.81. The van der Waals surface area contributed by atoms with E-state index in [1.54, 1.807) is 13.0 Å². The molecule has 0 bridgehead atoms. The van der Waals surface area contributed by atoms with Crippen molar-refractivity contribution in [3.63, 3.8) is 0 Å². The smallest absolute Gasteiger partial charge is 0.305 e. The topological polar surface area (TPSA) is 69.6 Å². The van der Waals surface area contributed by atoms with E-state index >= 15 is 0 Å². The lowest BCUT2D eigenvalue weighted by molar-refractivity contribution is -0.138. The molecule has 0 spiro atoms. The second-order valence-corrected chi connectivity index (χ2v) is 5.81. The van der Waals surface area contributed by atoms with Crippen LogP contribution in [0, 0.1) is 12.7 Å². The van der Waals surface area contributed by atoms with Gasteiger partial charge in [0.15, 0.2) is 0 Å². The highest BCUT2D eigenvalue weighted by atomic mass is 19.1. The van der Waals surface area contributed by atoms with Gasteiger partial charge in [0, 0.05) is 12.1 Å². The van der Waals surface area contributed by atoms with E-state index in [0.29, 0.717) is 11.1 Å². The number of halogens is 1. The fourth-order valence-corrected chi connectivity index (χ4v) is 2.93. The molecule has 1 saturated carbocycles. The Kier molecular flexibility index (Phi) is 5.31. The highest BCUT2D eigenvalue weighted by Gasteiger charge is 2.27. The molecule has 0 aromatic heterocycles. The van der Waals surface area contributed by atoms with E-state index in [0.717, 1.165) is 25.7 Å². The van der Waals surface area contributed by atoms with Gasteiger partial charge in [0.05, 0.1) is 12.5 Å². The molecule has 5 heteroatoms. The molecule has 1 fully saturated rings. The van der Waals surface area contributed by atoms with Crippen LogP contribution >= 0.6 is 0 Å². The van der Waals surface area contributed by atoms with Crippen molar-refractivity contribution in [2.45, 2.75) is 57.2 Å². The van der Waals surface area contributed by atoms with E-state index < -0.39 is 18.1 Å². The maximum absolute atomic E-state index is 13.3. The van der Waals surface area contributed by atoms with Crippen LogP contribution in [0.1, 0.15) is 49.3 Å². The van der Waals surface area contributed by atoms with Crippen LogP contribution in [0.25, 0.3) is 0 Å². The first kappa shape index (κ1) is 15.9. The van der Waals surface area contributed by atoms with Gasteiger partial charge in [-0.15, -0.1) is 0 Å². The van der Waals surface area contributed by atoms with Crippen molar-refractivity contribution in [2.75, 3.05) is 0 Å². The van der Waals surface area contributed by atoms with Gasteiger partial charge >= 0.3 is 5.97 Å². The summed E-state index contributed by atoms with van der Waals surface area (Å²) in [6, 6.07) is 4.09. The summed E-state index contributed by atoms with van der Waals surface area (Å²) in [6.07, 6.45) is 3.15. The lowest BCUT2D eigenvalue weighted by atomic mass is 9.97. The highest BCUT2D eigenvalue weighted by molar-refractivity contribution is 5.67. The first-order valence-electron chi connectivity index (χ1n) is 7.39. The zero-order valence-corrected chi connectivity index (χ0v) is 12.2. The molecule has 2 unspecified atom stereocenters. The van der Waals surface area contributed by atoms with E-state index in [4.69, 9.17) is 5.11 Å². The summed E-state index contributed by atoms with van der Waals surface area (Å²) in [6.45, 7) is 1.63. The van der Waals surface area contributed by atoms with Crippen LogP contribution in [-0.4, -0.2) is 28.3 Å². The molecular weight excluding hydrogens is 273 g/mol. The number of benzene rings is 1. The van der Waals surface area contributed by atoms with Crippen LogP contribution in [0.2, 0.25) is 0 Å². The first-order chi connectivity index (χ1) is 9.97. The monoisotopic (exact) mass is 295 g/mol. The van der Waals surface area contributed by atoms with E-state index in [1.807, 2.05) is 0 Å². The van der Waals surface area contributed by atoms with E-state index in [-0.39, 0.29) is 18.3 Å². The minimum Gasteiger partial charge on any atom is -0.481 e. The van der Waals surface area contributed by atoms with Gasteiger partial charge in [-0.3, -0.25) is 4.79 Å². The van der Waals surface area contributed by atoms with Crippen molar-refractivity contribution in [2.24, 2.45) is 0 Å². The lowest BCUT2D eigenvalue weighted by Gasteiger charge is -2.26.